The maximum Gasteiger partial charge on any atom is 0.0566 e. The number of allylic oxidation sites excluding steroid dienone is 2. The molecule has 3 saturated carbocycles. The summed E-state index contributed by atoms with van der Waals surface area (Å²) in [5, 5.41) is 10.5. The zero-order valence-corrected chi connectivity index (χ0v) is 19.2. The Balaban J connectivity index is 1.54. The molecule has 1 N–H and O–H groups in total. The SMILES string of the molecule is CCC(O)C1CCC2=CC[C@@H]3[C@H](CC[C@]4(C)[C@@H]([C@H](C)CI)CC[C@@H]34)[C@H]2C1. The van der Waals surface area contributed by atoms with E-state index in [1.54, 1.807) is 5.57 Å². The van der Waals surface area contributed by atoms with Crippen LogP contribution < -0.4 is 0 Å². The van der Waals surface area contributed by atoms with Crippen LogP contribution in [0.2, 0.25) is 0 Å². The largest absolute Gasteiger partial charge is 0.393 e. The third-order valence-electron chi connectivity index (χ3n) is 9.46. The summed E-state index contributed by atoms with van der Waals surface area (Å²) in [6, 6.07) is 0. The van der Waals surface area contributed by atoms with Crippen LogP contribution in [0.15, 0.2) is 11.6 Å². The van der Waals surface area contributed by atoms with Crippen molar-refractivity contribution in [3.8, 4) is 0 Å². The molecule has 2 unspecified atom stereocenters. The average molecular weight is 470 g/mol. The summed E-state index contributed by atoms with van der Waals surface area (Å²) in [5.41, 5.74) is 2.39. The average Bonchev–Trinajstić information content (AvgIpc) is 3.03. The van der Waals surface area contributed by atoms with Gasteiger partial charge in [-0.3, -0.25) is 0 Å². The van der Waals surface area contributed by atoms with E-state index in [1.165, 1.54) is 55.8 Å². The highest BCUT2D eigenvalue weighted by atomic mass is 127. The quantitative estimate of drug-likeness (QED) is 0.278. The Morgan fingerprint density at radius 2 is 2.04 bits per heavy atom. The van der Waals surface area contributed by atoms with Crippen molar-refractivity contribution >= 4 is 22.6 Å². The Kier molecular flexibility index (Phi) is 5.84. The highest BCUT2D eigenvalue weighted by Crippen LogP contribution is 2.64. The van der Waals surface area contributed by atoms with E-state index in [0.29, 0.717) is 11.3 Å². The zero-order chi connectivity index (χ0) is 18.5. The van der Waals surface area contributed by atoms with Gasteiger partial charge in [0.2, 0.25) is 0 Å². The molecule has 0 spiro atoms. The number of aliphatic hydroxyl groups is 1. The second-order valence-corrected chi connectivity index (χ2v) is 11.3. The molecule has 0 aliphatic heterocycles. The van der Waals surface area contributed by atoms with Crippen LogP contribution in [0, 0.1) is 46.8 Å². The smallest absolute Gasteiger partial charge is 0.0566 e. The topological polar surface area (TPSA) is 20.2 Å². The zero-order valence-electron chi connectivity index (χ0n) is 17.1. The second kappa shape index (κ2) is 7.69. The Bertz CT molecular complexity index is 542. The summed E-state index contributed by atoms with van der Waals surface area (Å²) in [5.74, 6) is 6.03. The van der Waals surface area contributed by atoms with Gasteiger partial charge in [-0.25, -0.2) is 0 Å². The van der Waals surface area contributed by atoms with Gasteiger partial charge in [0.05, 0.1) is 6.10 Å². The summed E-state index contributed by atoms with van der Waals surface area (Å²) in [6.07, 6.45) is 14.6. The standard InChI is InChI=1S/C24H39IO/c1-4-23(26)17-6-5-16-7-8-19-18(20(16)13-17)11-12-24(3)21(15(2)14-25)9-10-22(19)24/h7,15,17-23,26H,4-6,8-14H2,1-3H3/t15-,17?,18+,19-,20+,21-,22+,23?,24-/m1/s1. The number of hydrogen-bond acceptors (Lipinski definition) is 1. The Morgan fingerprint density at radius 3 is 2.77 bits per heavy atom. The fourth-order valence-corrected chi connectivity index (χ4v) is 8.66. The summed E-state index contributed by atoms with van der Waals surface area (Å²) in [6.45, 7) is 7.32. The first-order chi connectivity index (χ1) is 12.5. The van der Waals surface area contributed by atoms with Crippen LogP contribution in [0.25, 0.3) is 0 Å². The predicted octanol–water partition coefficient (Wildman–Crippen LogP) is 6.63. The van der Waals surface area contributed by atoms with Crippen LogP contribution in [0.5, 0.6) is 0 Å². The van der Waals surface area contributed by atoms with Crippen LogP contribution in [-0.4, -0.2) is 15.6 Å². The molecule has 3 fully saturated rings. The summed E-state index contributed by atoms with van der Waals surface area (Å²) < 4.78 is 1.32. The fourth-order valence-electron chi connectivity index (χ4n) is 8.04. The lowest BCUT2D eigenvalue weighted by atomic mass is 9.50. The van der Waals surface area contributed by atoms with E-state index in [-0.39, 0.29) is 6.10 Å². The summed E-state index contributed by atoms with van der Waals surface area (Å²) in [7, 11) is 0. The van der Waals surface area contributed by atoms with Gasteiger partial charge in [0, 0.05) is 4.43 Å². The number of rotatable bonds is 4. The lowest BCUT2D eigenvalue weighted by Gasteiger charge is -2.55. The normalized spacial score (nSPS) is 47.3. The van der Waals surface area contributed by atoms with Crippen LogP contribution in [0.1, 0.15) is 78.6 Å². The van der Waals surface area contributed by atoms with Crippen molar-refractivity contribution in [2.75, 3.05) is 4.43 Å². The lowest BCUT2D eigenvalue weighted by molar-refractivity contribution is -0.0309. The van der Waals surface area contributed by atoms with Crippen LogP contribution >= 0.6 is 22.6 Å². The third-order valence-corrected chi connectivity index (χ3v) is 10.9. The first-order valence-electron chi connectivity index (χ1n) is 11.4. The molecule has 0 amide bonds. The number of halogens is 1. The molecular formula is C24H39IO. The van der Waals surface area contributed by atoms with Crippen molar-refractivity contribution in [2.45, 2.75) is 84.7 Å². The van der Waals surface area contributed by atoms with E-state index in [9.17, 15) is 5.11 Å². The first-order valence-corrected chi connectivity index (χ1v) is 12.9. The molecule has 0 bridgehead atoms. The van der Waals surface area contributed by atoms with E-state index < -0.39 is 0 Å². The monoisotopic (exact) mass is 470 g/mol. The van der Waals surface area contributed by atoms with Crippen LogP contribution in [-0.2, 0) is 0 Å². The summed E-state index contributed by atoms with van der Waals surface area (Å²) in [4.78, 5) is 0. The molecule has 2 heteroatoms. The number of fused-ring (bicyclic) bond motifs is 5. The van der Waals surface area contributed by atoms with Crippen molar-refractivity contribution < 1.29 is 5.11 Å². The van der Waals surface area contributed by atoms with Crippen molar-refractivity contribution in [2.24, 2.45) is 46.8 Å². The Labute approximate surface area is 174 Å². The minimum Gasteiger partial charge on any atom is -0.393 e. The lowest BCUT2D eigenvalue weighted by Crippen LogP contribution is -2.47. The number of hydrogen-bond donors (Lipinski definition) is 1. The maximum absolute atomic E-state index is 10.5. The minimum absolute atomic E-state index is 0.0638. The van der Waals surface area contributed by atoms with E-state index in [1.807, 2.05) is 0 Å². The molecule has 0 saturated heterocycles. The van der Waals surface area contributed by atoms with Crippen LogP contribution in [0.4, 0.5) is 0 Å². The molecule has 1 nitrogen and oxygen atoms in total. The molecule has 26 heavy (non-hydrogen) atoms. The van der Waals surface area contributed by atoms with Gasteiger partial charge in [0.15, 0.2) is 0 Å². The molecular weight excluding hydrogens is 431 g/mol. The van der Waals surface area contributed by atoms with Gasteiger partial charge >= 0.3 is 0 Å². The van der Waals surface area contributed by atoms with E-state index in [2.05, 4.69) is 49.4 Å². The maximum atomic E-state index is 10.5. The fraction of sp³-hybridized carbons (Fsp3) is 0.917. The van der Waals surface area contributed by atoms with Gasteiger partial charge in [-0.15, -0.1) is 0 Å². The molecule has 4 aliphatic carbocycles. The number of alkyl halides is 1. The molecule has 0 radical (unpaired) electrons. The molecule has 4 aliphatic rings. The highest BCUT2D eigenvalue weighted by Gasteiger charge is 2.56. The Hall–Kier alpha value is 0.430. The van der Waals surface area contributed by atoms with E-state index in [4.69, 9.17) is 0 Å². The molecule has 0 aromatic heterocycles. The van der Waals surface area contributed by atoms with Gasteiger partial charge in [-0.05, 0) is 105 Å². The van der Waals surface area contributed by atoms with E-state index >= 15 is 0 Å². The van der Waals surface area contributed by atoms with Gasteiger partial charge in [-0.2, -0.15) is 0 Å². The van der Waals surface area contributed by atoms with Crippen LogP contribution in [0.3, 0.4) is 0 Å². The molecule has 0 aromatic rings. The third kappa shape index (κ3) is 3.13. The second-order valence-electron chi connectivity index (χ2n) is 10.4. The molecule has 148 valence electrons. The van der Waals surface area contributed by atoms with Crippen molar-refractivity contribution in [1.29, 1.82) is 0 Å². The molecule has 4 rings (SSSR count). The Morgan fingerprint density at radius 1 is 1.23 bits per heavy atom. The van der Waals surface area contributed by atoms with Gasteiger partial charge in [-0.1, -0.05) is 55.0 Å². The van der Waals surface area contributed by atoms with Crippen molar-refractivity contribution in [3.63, 3.8) is 0 Å². The van der Waals surface area contributed by atoms with Gasteiger partial charge in [0.25, 0.3) is 0 Å². The van der Waals surface area contributed by atoms with Crippen molar-refractivity contribution in [1.82, 2.24) is 0 Å². The predicted molar refractivity (Wildman–Crippen MR) is 118 cm³/mol. The first kappa shape index (κ1) is 19.7. The summed E-state index contributed by atoms with van der Waals surface area (Å²) >= 11 is 2.61. The highest BCUT2D eigenvalue weighted by molar-refractivity contribution is 14.1. The van der Waals surface area contributed by atoms with E-state index in [0.717, 1.165) is 41.9 Å². The molecule has 0 aromatic carbocycles. The van der Waals surface area contributed by atoms with Gasteiger partial charge in [0.1, 0.15) is 0 Å². The number of aliphatic hydroxyl groups excluding tert-OH is 1. The molecule has 9 atom stereocenters. The van der Waals surface area contributed by atoms with Crippen molar-refractivity contribution in [3.05, 3.63) is 11.6 Å². The minimum atomic E-state index is -0.0638. The van der Waals surface area contributed by atoms with Gasteiger partial charge < -0.3 is 5.11 Å². The molecule has 0 heterocycles.